The van der Waals surface area contributed by atoms with Crippen LogP contribution in [0.4, 0.5) is 0 Å². The van der Waals surface area contributed by atoms with Gasteiger partial charge in [0.25, 0.3) is 0 Å². The average Bonchev–Trinajstić information content (AvgIpc) is 2.94. The van der Waals surface area contributed by atoms with Crippen LogP contribution in [0.1, 0.15) is 0 Å². The first-order valence-electron chi connectivity index (χ1n) is 7.47. The Labute approximate surface area is 142 Å². The predicted octanol–water partition coefficient (Wildman–Crippen LogP) is -0.271. The number of hydrogen-bond acceptors (Lipinski definition) is 6. The first-order chi connectivity index (χ1) is 11.3. The first kappa shape index (κ1) is 17.6. The second kappa shape index (κ2) is 6.26. The smallest absolute Gasteiger partial charge is 0.243 e. The number of likely N-dealkylation sites (N-methyl/N-ethyl adjacent to an activating group) is 1. The molecule has 2 fully saturated rings. The third-order valence-electron chi connectivity index (χ3n) is 4.48. The summed E-state index contributed by atoms with van der Waals surface area (Å²) in [6.45, 7) is 0.290. The summed E-state index contributed by atoms with van der Waals surface area (Å²) in [5.74, 6) is 0.483. The molecule has 2 heterocycles. The van der Waals surface area contributed by atoms with Crippen LogP contribution in [0.15, 0.2) is 29.2 Å². The van der Waals surface area contributed by atoms with Crippen LogP contribution < -0.4 is 4.74 Å². The van der Waals surface area contributed by atoms with Gasteiger partial charge in [-0.05, 0) is 24.3 Å². The van der Waals surface area contributed by atoms with Crippen LogP contribution in [-0.2, 0) is 24.8 Å². The molecule has 1 aromatic rings. The summed E-state index contributed by atoms with van der Waals surface area (Å²) in [4.78, 5) is 0.144. The molecule has 0 amide bonds. The molecule has 0 saturated carbocycles. The Morgan fingerprint density at radius 2 is 1.88 bits per heavy atom. The lowest BCUT2D eigenvalue weighted by molar-refractivity contribution is 0.0527. The third kappa shape index (κ3) is 3.04. The molecule has 0 aromatic heterocycles. The van der Waals surface area contributed by atoms with Gasteiger partial charge >= 0.3 is 0 Å². The number of methoxy groups -OCH3 is 1. The highest BCUT2D eigenvalue weighted by molar-refractivity contribution is 7.89. The van der Waals surface area contributed by atoms with Gasteiger partial charge in [-0.2, -0.15) is 8.61 Å². The van der Waals surface area contributed by atoms with Crippen molar-refractivity contribution < 1.29 is 26.3 Å². The van der Waals surface area contributed by atoms with Crippen LogP contribution in [0.5, 0.6) is 5.75 Å². The van der Waals surface area contributed by atoms with Crippen molar-refractivity contribution in [2.24, 2.45) is 0 Å². The number of hydrogen-bond donors (Lipinski definition) is 0. The van der Waals surface area contributed by atoms with Gasteiger partial charge in [-0.15, -0.1) is 0 Å². The fraction of sp³-hybridized carbons (Fsp3) is 0.571. The van der Waals surface area contributed by atoms with Crippen LogP contribution in [-0.4, -0.2) is 77.2 Å². The molecule has 0 aliphatic carbocycles. The largest absolute Gasteiger partial charge is 0.497 e. The maximum atomic E-state index is 12.8. The van der Waals surface area contributed by atoms with E-state index in [9.17, 15) is 16.8 Å². The predicted molar refractivity (Wildman–Crippen MR) is 86.8 cm³/mol. The quantitative estimate of drug-likeness (QED) is 0.721. The summed E-state index contributed by atoms with van der Waals surface area (Å²) in [7, 11) is -4.16. The van der Waals surface area contributed by atoms with E-state index in [0.29, 0.717) is 5.75 Å². The zero-order chi connectivity index (χ0) is 17.5. The molecular weight excluding hydrogens is 356 g/mol. The molecule has 1 aromatic carbocycles. The molecule has 0 spiro atoms. The van der Waals surface area contributed by atoms with Gasteiger partial charge in [-0.25, -0.2) is 16.8 Å². The molecule has 24 heavy (non-hydrogen) atoms. The van der Waals surface area contributed by atoms with Crippen molar-refractivity contribution in [2.75, 3.05) is 39.6 Å². The summed E-state index contributed by atoms with van der Waals surface area (Å²) in [5, 5.41) is 0. The van der Waals surface area contributed by atoms with Crippen LogP contribution in [0.2, 0.25) is 0 Å². The minimum Gasteiger partial charge on any atom is -0.497 e. The third-order valence-corrected chi connectivity index (χ3v) is 8.16. The Hall–Kier alpha value is -1.20. The van der Waals surface area contributed by atoms with Gasteiger partial charge in [0.15, 0.2) is 0 Å². The summed E-state index contributed by atoms with van der Waals surface area (Å²) >= 11 is 0. The number of ether oxygens (including phenoxy) is 2. The topological polar surface area (TPSA) is 93.2 Å². The number of fused-ring (bicyclic) bond motifs is 1. The van der Waals surface area contributed by atoms with E-state index in [-0.39, 0.29) is 30.3 Å². The van der Waals surface area contributed by atoms with Crippen molar-refractivity contribution in [3.8, 4) is 5.75 Å². The number of benzene rings is 1. The minimum atomic E-state index is -3.72. The number of rotatable bonds is 3. The van der Waals surface area contributed by atoms with E-state index >= 15 is 0 Å². The van der Waals surface area contributed by atoms with E-state index < -0.39 is 32.2 Å². The van der Waals surface area contributed by atoms with Gasteiger partial charge in [0.2, 0.25) is 20.0 Å². The maximum Gasteiger partial charge on any atom is 0.243 e. The highest BCUT2D eigenvalue weighted by atomic mass is 32.2. The molecule has 0 bridgehead atoms. The van der Waals surface area contributed by atoms with Crippen molar-refractivity contribution in [3.05, 3.63) is 24.3 Å². The molecule has 2 aliphatic heterocycles. The Morgan fingerprint density at radius 3 is 2.50 bits per heavy atom. The van der Waals surface area contributed by atoms with Crippen molar-refractivity contribution in [3.63, 3.8) is 0 Å². The summed E-state index contributed by atoms with van der Waals surface area (Å²) in [6.07, 6.45) is -0.458. The number of nitrogens with zero attached hydrogens (tertiary/aromatic N) is 2. The van der Waals surface area contributed by atoms with Gasteiger partial charge in [0.1, 0.15) is 5.75 Å². The summed E-state index contributed by atoms with van der Waals surface area (Å²) in [6, 6.07) is 5.60. The lowest BCUT2D eigenvalue weighted by Crippen LogP contribution is -2.43. The molecule has 8 nitrogen and oxygen atoms in total. The standard InChI is InChI=1S/C14H20N2O6S2/c1-15-13-9-16(10-14(13)22-7-8-23(15,17)18)24(19,20)12-5-3-11(21-2)4-6-12/h3-6,13-14H,7-10H2,1-2H3/t13-,14+/m1/s1. The highest BCUT2D eigenvalue weighted by Gasteiger charge is 2.46. The lowest BCUT2D eigenvalue weighted by atomic mass is 10.2. The SMILES string of the molecule is COc1ccc(S(=O)(=O)N2C[C@@H]3OCCS(=O)(=O)N(C)[C@@H]3C2)cc1. The van der Waals surface area contributed by atoms with E-state index in [4.69, 9.17) is 9.47 Å². The Kier molecular flexibility index (Phi) is 4.60. The first-order valence-corrected chi connectivity index (χ1v) is 10.5. The van der Waals surface area contributed by atoms with E-state index in [0.717, 1.165) is 0 Å². The molecule has 2 saturated heterocycles. The molecule has 10 heteroatoms. The second-order valence-corrected chi connectivity index (χ2v) is 9.89. The maximum absolute atomic E-state index is 12.8. The highest BCUT2D eigenvalue weighted by Crippen LogP contribution is 2.28. The molecule has 2 aliphatic rings. The molecule has 0 radical (unpaired) electrons. The van der Waals surface area contributed by atoms with Crippen molar-refractivity contribution in [2.45, 2.75) is 17.0 Å². The second-order valence-electron chi connectivity index (χ2n) is 5.81. The molecule has 3 rings (SSSR count). The Bertz CT molecular complexity index is 806. The van der Waals surface area contributed by atoms with Gasteiger partial charge in [-0.3, -0.25) is 0 Å². The number of sulfonamides is 2. The zero-order valence-corrected chi connectivity index (χ0v) is 15.1. The normalized spacial score (nSPS) is 28.2. The van der Waals surface area contributed by atoms with Gasteiger partial charge in [0.05, 0.1) is 36.5 Å². The molecule has 2 atom stereocenters. The molecule has 0 unspecified atom stereocenters. The van der Waals surface area contributed by atoms with Crippen molar-refractivity contribution in [1.29, 1.82) is 0 Å². The van der Waals surface area contributed by atoms with Crippen LogP contribution >= 0.6 is 0 Å². The zero-order valence-electron chi connectivity index (χ0n) is 13.5. The fourth-order valence-electron chi connectivity index (χ4n) is 2.98. The van der Waals surface area contributed by atoms with Crippen LogP contribution in [0, 0.1) is 0 Å². The van der Waals surface area contributed by atoms with Gasteiger partial charge < -0.3 is 9.47 Å². The Balaban J connectivity index is 1.86. The van der Waals surface area contributed by atoms with Crippen molar-refractivity contribution >= 4 is 20.0 Å². The van der Waals surface area contributed by atoms with E-state index in [1.165, 1.54) is 34.9 Å². The van der Waals surface area contributed by atoms with E-state index in [1.807, 2.05) is 0 Å². The lowest BCUT2D eigenvalue weighted by Gasteiger charge is -2.23. The van der Waals surface area contributed by atoms with Crippen LogP contribution in [0.25, 0.3) is 0 Å². The molecule has 134 valence electrons. The summed E-state index contributed by atoms with van der Waals surface area (Å²) in [5.41, 5.74) is 0. The molecular formula is C14H20N2O6S2. The van der Waals surface area contributed by atoms with Crippen LogP contribution in [0.3, 0.4) is 0 Å². The fourth-order valence-corrected chi connectivity index (χ4v) is 5.66. The van der Waals surface area contributed by atoms with Crippen molar-refractivity contribution in [1.82, 2.24) is 8.61 Å². The summed E-state index contributed by atoms with van der Waals surface area (Å²) < 4.78 is 62.9. The van der Waals surface area contributed by atoms with Gasteiger partial charge in [-0.1, -0.05) is 0 Å². The molecule has 0 N–H and O–H groups in total. The Morgan fingerprint density at radius 1 is 1.21 bits per heavy atom. The average molecular weight is 376 g/mol. The van der Waals surface area contributed by atoms with E-state index in [1.54, 1.807) is 12.1 Å². The minimum absolute atomic E-state index is 0.0737. The monoisotopic (exact) mass is 376 g/mol. The van der Waals surface area contributed by atoms with Gasteiger partial charge in [0, 0.05) is 20.1 Å². The van der Waals surface area contributed by atoms with E-state index in [2.05, 4.69) is 0 Å².